The van der Waals surface area contributed by atoms with Crippen molar-refractivity contribution < 1.29 is 9.53 Å². The number of aryl methyl sites for hydroxylation is 1. The van der Waals surface area contributed by atoms with Gasteiger partial charge in [0.05, 0.1) is 0 Å². The monoisotopic (exact) mass is 330 g/mol. The molecule has 25 heavy (non-hydrogen) atoms. The van der Waals surface area contributed by atoms with Crippen LogP contribution in [0.5, 0.6) is 5.75 Å². The zero-order valence-corrected chi connectivity index (χ0v) is 14.4. The first-order valence-corrected chi connectivity index (χ1v) is 8.54. The highest BCUT2D eigenvalue weighted by atomic mass is 16.5. The maximum absolute atomic E-state index is 11.3. The third-order valence-electron chi connectivity index (χ3n) is 4.31. The SMILES string of the molecule is Cc1ccc(OCc2ccccc2)c([C@H](CC=O)c2ccccc2)c1. The fourth-order valence-electron chi connectivity index (χ4n) is 3.03. The van der Waals surface area contributed by atoms with Gasteiger partial charge in [0.1, 0.15) is 18.6 Å². The van der Waals surface area contributed by atoms with Crippen molar-refractivity contribution in [3.8, 4) is 5.75 Å². The molecule has 0 aliphatic rings. The summed E-state index contributed by atoms with van der Waals surface area (Å²) in [6.45, 7) is 2.58. The van der Waals surface area contributed by atoms with E-state index in [-0.39, 0.29) is 5.92 Å². The van der Waals surface area contributed by atoms with Crippen molar-refractivity contribution in [2.45, 2.75) is 25.9 Å². The number of carbonyl (C=O) groups is 1. The Morgan fingerprint density at radius 1 is 0.920 bits per heavy atom. The lowest BCUT2D eigenvalue weighted by Gasteiger charge is -2.20. The summed E-state index contributed by atoms with van der Waals surface area (Å²) in [7, 11) is 0. The largest absolute Gasteiger partial charge is 0.489 e. The van der Waals surface area contributed by atoms with E-state index in [0.717, 1.165) is 34.3 Å². The van der Waals surface area contributed by atoms with Crippen molar-refractivity contribution in [3.63, 3.8) is 0 Å². The van der Waals surface area contributed by atoms with Crippen LogP contribution < -0.4 is 4.74 Å². The molecule has 3 aromatic carbocycles. The van der Waals surface area contributed by atoms with E-state index in [4.69, 9.17) is 4.74 Å². The fraction of sp³-hybridized carbons (Fsp3) is 0.174. The molecular weight excluding hydrogens is 308 g/mol. The molecule has 3 aromatic rings. The molecule has 0 amide bonds. The second kappa shape index (κ2) is 8.29. The van der Waals surface area contributed by atoms with Gasteiger partial charge in [-0.05, 0) is 24.1 Å². The van der Waals surface area contributed by atoms with Crippen molar-refractivity contribution in [1.82, 2.24) is 0 Å². The number of benzene rings is 3. The molecule has 3 rings (SSSR count). The Morgan fingerprint density at radius 2 is 1.60 bits per heavy atom. The molecule has 2 heteroatoms. The van der Waals surface area contributed by atoms with Crippen LogP contribution in [0.1, 0.15) is 34.6 Å². The van der Waals surface area contributed by atoms with Gasteiger partial charge in [-0.25, -0.2) is 0 Å². The molecule has 126 valence electrons. The number of aldehydes is 1. The van der Waals surface area contributed by atoms with Crippen molar-refractivity contribution >= 4 is 6.29 Å². The van der Waals surface area contributed by atoms with Gasteiger partial charge in [0.2, 0.25) is 0 Å². The summed E-state index contributed by atoms with van der Waals surface area (Å²) in [5, 5.41) is 0. The lowest BCUT2D eigenvalue weighted by Crippen LogP contribution is -2.06. The second-order valence-electron chi connectivity index (χ2n) is 6.18. The van der Waals surface area contributed by atoms with E-state index < -0.39 is 0 Å². The molecule has 0 radical (unpaired) electrons. The molecule has 0 saturated heterocycles. The van der Waals surface area contributed by atoms with Gasteiger partial charge in [-0.15, -0.1) is 0 Å². The van der Waals surface area contributed by atoms with Crippen molar-refractivity contribution in [2.75, 3.05) is 0 Å². The third-order valence-corrected chi connectivity index (χ3v) is 4.31. The molecule has 2 nitrogen and oxygen atoms in total. The van der Waals surface area contributed by atoms with E-state index >= 15 is 0 Å². The number of ether oxygens (including phenoxy) is 1. The smallest absolute Gasteiger partial charge is 0.123 e. The highest BCUT2D eigenvalue weighted by Crippen LogP contribution is 2.35. The van der Waals surface area contributed by atoms with Gasteiger partial charge in [0.25, 0.3) is 0 Å². The lowest BCUT2D eigenvalue weighted by atomic mass is 9.87. The van der Waals surface area contributed by atoms with E-state index in [1.165, 1.54) is 0 Å². The Morgan fingerprint density at radius 3 is 2.28 bits per heavy atom. The molecule has 0 spiro atoms. The number of hydrogen-bond donors (Lipinski definition) is 0. The molecule has 0 aliphatic heterocycles. The standard InChI is InChI=1S/C23H22O2/c1-18-12-13-23(25-17-19-8-4-2-5-9-19)22(16-18)21(14-15-24)20-10-6-3-7-11-20/h2-13,15-16,21H,14,17H2,1H3/t21-/m1/s1. The summed E-state index contributed by atoms with van der Waals surface area (Å²) in [6.07, 6.45) is 1.43. The molecule has 0 bridgehead atoms. The molecule has 0 saturated carbocycles. The Labute approximate surface area is 149 Å². The van der Waals surface area contributed by atoms with E-state index in [1.54, 1.807) is 0 Å². The Bertz CT molecular complexity index is 810. The van der Waals surface area contributed by atoms with E-state index in [1.807, 2.05) is 60.7 Å². The van der Waals surface area contributed by atoms with Crippen LogP contribution in [0.25, 0.3) is 0 Å². The highest BCUT2D eigenvalue weighted by molar-refractivity contribution is 5.56. The molecular formula is C23H22O2. The first kappa shape index (κ1) is 17.0. The summed E-state index contributed by atoms with van der Waals surface area (Å²) in [5.74, 6) is 0.842. The topological polar surface area (TPSA) is 26.3 Å². The van der Waals surface area contributed by atoms with Crippen LogP contribution in [0.15, 0.2) is 78.9 Å². The maximum Gasteiger partial charge on any atom is 0.123 e. The van der Waals surface area contributed by atoms with Gasteiger partial charge in [-0.2, -0.15) is 0 Å². The van der Waals surface area contributed by atoms with Crippen LogP contribution in [-0.2, 0) is 11.4 Å². The zero-order valence-electron chi connectivity index (χ0n) is 14.4. The summed E-state index contributed by atoms with van der Waals surface area (Å²) >= 11 is 0. The fourth-order valence-corrected chi connectivity index (χ4v) is 3.03. The summed E-state index contributed by atoms with van der Waals surface area (Å²) in [6, 6.07) is 26.4. The Hall–Kier alpha value is -2.87. The first-order valence-electron chi connectivity index (χ1n) is 8.54. The number of carbonyl (C=O) groups excluding carboxylic acids is 1. The summed E-state index contributed by atoms with van der Waals surface area (Å²) in [4.78, 5) is 11.3. The number of hydrogen-bond acceptors (Lipinski definition) is 2. The van der Waals surface area contributed by atoms with Gasteiger partial charge in [-0.3, -0.25) is 0 Å². The molecule has 0 aliphatic carbocycles. The van der Waals surface area contributed by atoms with E-state index in [0.29, 0.717) is 13.0 Å². The molecule has 0 unspecified atom stereocenters. The molecule has 1 atom stereocenters. The van der Waals surface area contributed by atoms with Crippen LogP contribution in [0.4, 0.5) is 0 Å². The normalized spacial score (nSPS) is 11.7. The maximum atomic E-state index is 11.3. The predicted octanol–water partition coefficient (Wildman–Crippen LogP) is 5.29. The van der Waals surface area contributed by atoms with Gasteiger partial charge in [-0.1, -0.05) is 78.4 Å². The predicted molar refractivity (Wildman–Crippen MR) is 101 cm³/mol. The average Bonchev–Trinajstić information content (AvgIpc) is 2.66. The van der Waals surface area contributed by atoms with Gasteiger partial charge < -0.3 is 9.53 Å². The Balaban J connectivity index is 1.93. The van der Waals surface area contributed by atoms with Crippen LogP contribution >= 0.6 is 0 Å². The minimum atomic E-state index is 0.00405. The minimum absolute atomic E-state index is 0.00405. The average molecular weight is 330 g/mol. The molecule has 0 aromatic heterocycles. The zero-order chi connectivity index (χ0) is 17.5. The number of rotatable bonds is 7. The van der Waals surface area contributed by atoms with Gasteiger partial charge >= 0.3 is 0 Å². The van der Waals surface area contributed by atoms with Gasteiger partial charge in [0.15, 0.2) is 0 Å². The summed E-state index contributed by atoms with van der Waals surface area (Å²) < 4.78 is 6.11. The van der Waals surface area contributed by atoms with Crippen LogP contribution in [-0.4, -0.2) is 6.29 Å². The highest BCUT2D eigenvalue weighted by Gasteiger charge is 2.18. The van der Waals surface area contributed by atoms with E-state index in [9.17, 15) is 4.79 Å². The van der Waals surface area contributed by atoms with Crippen LogP contribution in [0.2, 0.25) is 0 Å². The quantitative estimate of drug-likeness (QED) is 0.550. The van der Waals surface area contributed by atoms with Gasteiger partial charge in [0, 0.05) is 17.9 Å². The molecule has 0 heterocycles. The van der Waals surface area contributed by atoms with Crippen molar-refractivity contribution in [2.24, 2.45) is 0 Å². The lowest BCUT2D eigenvalue weighted by molar-refractivity contribution is -0.108. The summed E-state index contributed by atoms with van der Waals surface area (Å²) in [5.41, 5.74) is 4.48. The molecule has 0 N–H and O–H groups in total. The van der Waals surface area contributed by atoms with Crippen LogP contribution in [0, 0.1) is 6.92 Å². The van der Waals surface area contributed by atoms with E-state index in [2.05, 4.69) is 25.1 Å². The first-order chi connectivity index (χ1) is 12.3. The third kappa shape index (κ3) is 4.36. The second-order valence-corrected chi connectivity index (χ2v) is 6.18. The van der Waals surface area contributed by atoms with Crippen molar-refractivity contribution in [1.29, 1.82) is 0 Å². The Kier molecular flexibility index (Phi) is 5.63. The van der Waals surface area contributed by atoms with Crippen molar-refractivity contribution in [3.05, 3.63) is 101 Å². The minimum Gasteiger partial charge on any atom is -0.489 e. The van der Waals surface area contributed by atoms with Crippen LogP contribution in [0.3, 0.4) is 0 Å². The molecule has 0 fully saturated rings.